The smallest absolute Gasteiger partial charge is 0.214 e. The van der Waals surface area contributed by atoms with Crippen LogP contribution in [-0.4, -0.2) is 15.6 Å². The Kier molecular flexibility index (Phi) is 3.87. The molecule has 0 fully saturated rings. The molecule has 0 aliphatic heterocycles. The number of aromatic nitrogens is 2. The summed E-state index contributed by atoms with van der Waals surface area (Å²) in [6.45, 7) is 2.56. The van der Waals surface area contributed by atoms with E-state index in [1.165, 1.54) is 0 Å². The molecule has 94 valence electrons. The highest BCUT2D eigenvalue weighted by Crippen LogP contribution is 2.25. The summed E-state index contributed by atoms with van der Waals surface area (Å²) >= 11 is 6.66. The SMILES string of the molecule is CCn1ncc(Br)c1C(=O)c1ccc(Br)cc1N. The Hall–Kier alpha value is -1.14. The van der Waals surface area contributed by atoms with E-state index >= 15 is 0 Å². The minimum atomic E-state index is -0.133. The molecule has 2 aromatic rings. The highest BCUT2D eigenvalue weighted by molar-refractivity contribution is 9.10. The molecule has 0 saturated carbocycles. The first-order valence-electron chi connectivity index (χ1n) is 5.35. The van der Waals surface area contributed by atoms with Gasteiger partial charge in [0.25, 0.3) is 0 Å². The molecule has 1 heterocycles. The van der Waals surface area contributed by atoms with Gasteiger partial charge in [-0.1, -0.05) is 15.9 Å². The van der Waals surface area contributed by atoms with Crippen molar-refractivity contribution in [2.45, 2.75) is 13.5 Å². The Labute approximate surface area is 121 Å². The van der Waals surface area contributed by atoms with E-state index < -0.39 is 0 Å². The van der Waals surface area contributed by atoms with E-state index in [0.717, 1.165) is 4.47 Å². The highest BCUT2D eigenvalue weighted by atomic mass is 79.9. The average Bonchev–Trinajstić information content (AvgIpc) is 2.69. The van der Waals surface area contributed by atoms with Crippen molar-refractivity contribution in [1.29, 1.82) is 0 Å². The van der Waals surface area contributed by atoms with E-state index in [1.807, 2.05) is 6.92 Å². The molecule has 6 heteroatoms. The first-order valence-corrected chi connectivity index (χ1v) is 6.94. The molecule has 4 nitrogen and oxygen atoms in total. The van der Waals surface area contributed by atoms with Gasteiger partial charge in [0.05, 0.1) is 10.7 Å². The van der Waals surface area contributed by atoms with Crippen molar-refractivity contribution in [3.8, 4) is 0 Å². The number of hydrogen-bond acceptors (Lipinski definition) is 3. The highest BCUT2D eigenvalue weighted by Gasteiger charge is 2.20. The quantitative estimate of drug-likeness (QED) is 0.664. The predicted octanol–water partition coefficient (Wildman–Crippen LogP) is 3.24. The molecule has 18 heavy (non-hydrogen) atoms. The summed E-state index contributed by atoms with van der Waals surface area (Å²) in [4.78, 5) is 12.5. The topological polar surface area (TPSA) is 60.9 Å². The molecule has 1 aromatic carbocycles. The van der Waals surface area contributed by atoms with Gasteiger partial charge in [0.1, 0.15) is 5.69 Å². The summed E-state index contributed by atoms with van der Waals surface area (Å²) in [5.74, 6) is -0.133. The minimum Gasteiger partial charge on any atom is -0.398 e. The Morgan fingerprint density at radius 3 is 2.78 bits per heavy atom. The number of nitrogens with zero attached hydrogens (tertiary/aromatic N) is 2. The Morgan fingerprint density at radius 2 is 2.17 bits per heavy atom. The van der Waals surface area contributed by atoms with Crippen molar-refractivity contribution < 1.29 is 4.79 Å². The number of hydrogen-bond donors (Lipinski definition) is 1. The van der Waals surface area contributed by atoms with Crippen LogP contribution in [0.15, 0.2) is 33.3 Å². The summed E-state index contributed by atoms with van der Waals surface area (Å²) in [5, 5.41) is 4.13. The first kappa shape index (κ1) is 13.3. The van der Waals surface area contributed by atoms with E-state index in [9.17, 15) is 4.79 Å². The van der Waals surface area contributed by atoms with Gasteiger partial charge in [-0.3, -0.25) is 9.48 Å². The zero-order valence-corrected chi connectivity index (χ0v) is 12.8. The second kappa shape index (κ2) is 5.24. The van der Waals surface area contributed by atoms with Crippen molar-refractivity contribution in [1.82, 2.24) is 9.78 Å². The molecular formula is C12H11Br2N3O. The molecule has 0 bridgehead atoms. The molecule has 0 atom stereocenters. The van der Waals surface area contributed by atoms with Crippen LogP contribution in [0.5, 0.6) is 0 Å². The monoisotopic (exact) mass is 371 g/mol. The summed E-state index contributed by atoms with van der Waals surface area (Å²) in [6, 6.07) is 5.22. The number of rotatable bonds is 3. The van der Waals surface area contributed by atoms with Gasteiger partial charge in [-0.15, -0.1) is 0 Å². The number of carbonyl (C=O) groups excluding carboxylic acids is 1. The number of nitrogens with two attached hydrogens (primary N) is 1. The molecule has 2 rings (SSSR count). The normalized spacial score (nSPS) is 10.6. The lowest BCUT2D eigenvalue weighted by molar-refractivity contribution is 0.102. The molecule has 0 unspecified atom stereocenters. The van der Waals surface area contributed by atoms with Gasteiger partial charge in [0, 0.05) is 22.3 Å². The van der Waals surface area contributed by atoms with Crippen molar-refractivity contribution in [2.75, 3.05) is 5.73 Å². The maximum Gasteiger partial charge on any atom is 0.214 e. The largest absolute Gasteiger partial charge is 0.398 e. The van der Waals surface area contributed by atoms with Crippen molar-refractivity contribution in [3.63, 3.8) is 0 Å². The van der Waals surface area contributed by atoms with Crippen LogP contribution in [0, 0.1) is 0 Å². The third-order valence-corrected chi connectivity index (χ3v) is 3.64. The maximum absolute atomic E-state index is 12.5. The van der Waals surface area contributed by atoms with Crippen LogP contribution >= 0.6 is 31.9 Å². The summed E-state index contributed by atoms with van der Waals surface area (Å²) < 4.78 is 3.17. The van der Waals surface area contributed by atoms with Crippen molar-refractivity contribution >= 4 is 43.3 Å². The van der Waals surface area contributed by atoms with Crippen LogP contribution in [0.3, 0.4) is 0 Å². The zero-order chi connectivity index (χ0) is 13.3. The average molecular weight is 373 g/mol. The van der Waals surface area contributed by atoms with Crippen molar-refractivity contribution in [2.24, 2.45) is 0 Å². The van der Waals surface area contributed by atoms with Gasteiger partial charge in [-0.05, 0) is 41.1 Å². The number of aryl methyl sites for hydroxylation is 1. The summed E-state index contributed by atoms with van der Waals surface area (Å²) in [7, 11) is 0. The molecule has 2 N–H and O–H groups in total. The number of halogens is 2. The molecule has 0 spiro atoms. The van der Waals surface area contributed by atoms with Gasteiger partial charge in [0.2, 0.25) is 5.78 Å². The predicted molar refractivity (Wildman–Crippen MR) is 77.6 cm³/mol. The molecule has 0 aliphatic rings. The lowest BCUT2D eigenvalue weighted by Gasteiger charge is -2.07. The number of ketones is 1. The van der Waals surface area contributed by atoms with Crippen LogP contribution in [0.25, 0.3) is 0 Å². The van der Waals surface area contributed by atoms with Gasteiger partial charge >= 0.3 is 0 Å². The Morgan fingerprint density at radius 1 is 1.44 bits per heavy atom. The second-order valence-electron chi connectivity index (χ2n) is 3.72. The maximum atomic E-state index is 12.5. The molecular weight excluding hydrogens is 362 g/mol. The van der Waals surface area contributed by atoms with E-state index in [1.54, 1.807) is 29.1 Å². The number of benzene rings is 1. The molecule has 0 amide bonds. The summed E-state index contributed by atoms with van der Waals surface area (Å²) in [5.41, 5.74) is 7.32. The third kappa shape index (κ3) is 2.35. The van der Waals surface area contributed by atoms with Gasteiger partial charge in [-0.2, -0.15) is 5.10 Å². The number of carbonyl (C=O) groups is 1. The molecule has 0 radical (unpaired) electrons. The Balaban J connectivity index is 2.51. The fraction of sp³-hybridized carbons (Fsp3) is 0.167. The van der Waals surface area contributed by atoms with Crippen LogP contribution in [0.1, 0.15) is 23.0 Å². The molecule has 0 aliphatic carbocycles. The van der Waals surface area contributed by atoms with Crippen LogP contribution in [-0.2, 0) is 6.54 Å². The lowest BCUT2D eigenvalue weighted by Crippen LogP contribution is -2.12. The fourth-order valence-electron chi connectivity index (χ4n) is 1.70. The Bertz CT molecular complexity index is 607. The van der Waals surface area contributed by atoms with Gasteiger partial charge in [0.15, 0.2) is 0 Å². The van der Waals surface area contributed by atoms with E-state index in [4.69, 9.17) is 5.73 Å². The second-order valence-corrected chi connectivity index (χ2v) is 5.49. The summed E-state index contributed by atoms with van der Waals surface area (Å²) in [6.07, 6.45) is 1.62. The van der Waals surface area contributed by atoms with Gasteiger partial charge < -0.3 is 5.73 Å². The lowest BCUT2D eigenvalue weighted by atomic mass is 10.1. The van der Waals surface area contributed by atoms with E-state index in [-0.39, 0.29) is 5.78 Å². The van der Waals surface area contributed by atoms with E-state index in [2.05, 4.69) is 37.0 Å². The standard InChI is InChI=1S/C12H11Br2N3O/c1-2-17-11(9(14)6-16-17)12(18)8-4-3-7(13)5-10(8)15/h3-6H,2,15H2,1H3. The van der Waals surface area contributed by atoms with Gasteiger partial charge in [-0.25, -0.2) is 0 Å². The van der Waals surface area contributed by atoms with Crippen LogP contribution < -0.4 is 5.73 Å². The number of anilines is 1. The minimum absolute atomic E-state index is 0.133. The zero-order valence-electron chi connectivity index (χ0n) is 9.65. The fourth-order valence-corrected chi connectivity index (χ4v) is 2.55. The van der Waals surface area contributed by atoms with Crippen LogP contribution in [0.2, 0.25) is 0 Å². The third-order valence-electron chi connectivity index (χ3n) is 2.57. The molecule has 1 aromatic heterocycles. The van der Waals surface area contributed by atoms with E-state index in [0.29, 0.717) is 28.0 Å². The molecule has 0 saturated heterocycles. The van der Waals surface area contributed by atoms with Crippen molar-refractivity contribution in [3.05, 3.63) is 44.6 Å². The first-order chi connectivity index (χ1) is 8.54. The number of nitrogen functional groups attached to an aromatic ring is 1. The van der Waals surface area contributed by atoms with Crippen LogP contribution in [0.4, 0.5) is 5.69 Å².